The van der Waals surface area contributed by atoms with Crippen LogP contribution in [0.25, 0.3) is 0 Å². The number of nitrogens with one attached hydrogen (secondary N) is 1. The molecule has 0 saturated carbocycles. The number of nitrogens with zero attached hydrogens (tertiary/aromatic N) is 2. The fourth-order valence-corrected chi connectivity index (χ4v) is 4.62. The highest BCUT2D eigenvalue weighted by Crippen LogP contribution is 2.30. The lowest BCUT2D eigenvalue weighted by Crippen LogP contribution is -2.48. The summed E-state index contributed by atoms with van der Waals surface area (Å²) in [5.41, 5.74) is 0.866. The third-order valence-electron chi connectivity index (χ3n) is 4.17. The summed E-state index contributed by atoms with van der Waals surface area (Å²) in [5, 5.41) is 3.76. The molecular formula is C17H19Cl2N3O4S. The van der Waals surface area contributed by atoms with Crippen LogP contribution in [0.4, 0.5) is 0 Å². The van der Waals surface area contributed by atoms with Crippen molar-refractivity contribution < 1.29 is 17.9 Å². The Kier molecular flexibility index (Phi) is 7.19. The van der Waals surface area contributed by atoms with Crippen molar-refractivity contribution in [3.8, 4) is 0 Å². The van der Waals surface area contributed by atoms with Crippen LogP contribution in [0.5, 0.6) is 0 Å². The van der Waals surface area contributed by atoms with Crippen LogP contribution in [-0.2, 0) is 14.8 Å². The first-order chi connectivity index (χ1) is 12.4. The number of sulfonamides is 1. The number of hydrogen-bond donors (Lipinski definition) is 1. The average molecular weight is 432 g/mol. The molecule has 3 rings (SSSR count). The molecule has 1 atom stereocenters. The van der Waals surface area contributed by atoms with Crippen LogP contribution in [-0.4, -0.2) is 50.4 Å². The van der Waals surface area contributed by atoms with Gasteiger partial charge in [-0.25, -0.2) is 18.2 Å². The Morgan fingerprint density at radius 3 is 2.74 bits per heavy atom. The van der Waals surface area contributed by atoms with Crippen LogP contribution in [0.15, 0.2) is 47.5 Å². The van der Waals surface area contributed by atoms with Crippen molar-refractivity contribution in [1.29, 1.82) is 0 Å². The number of hydrogen-bond acceptors (Lipinski definition) is 6. The van der Waals surface area contributed by atoms with Gasteiger partial charge in [-0.1, -0.05) is 23.7 Å². The summed E-state index contributed by atoms with van der Waals surface area (Å²) >= 11 is 6.06. The molecule has 0 amide bonds. The Morgan fingerprint density at radius 1 is 1.33 bits per heavy atom. The molecule has 7 nitrogen and oxygen atoms in total. The first-order valence-electron chi connectivity index (χ1n) is 7.96. The average Bonchev–Trinajstić information content (AvgIpc) is 2.67. The van der Waals surface area contributed by atoms with E-state index in [0.717, 1.165) is 5.56 Å². The number of halogens is 2. The zero-order valence-corrected chi connectivity index (χ0v) is 16.9. The molecule has 1 N–H and O–H groups in total. The van der Waals surface area contributed by atoms with Gasteiger partial charge in [0.25, 0.3) is 0 Å². The second-order valence-corrected chi connectivity index (χ2v) is 8.09. The maximum Gasteiger partial charge on any atom is 0.356 e. The van der Waals surface area contributed by atoms with Gasteiger partial charge in [0.1, 0.15) is 10.6 Å². The van der Waals surface area contributed by atoms with Gasteiger partial charge in [0, 0.05) is 30.9 Å². The summed E-state index contributed by atoms with van der Waals surface area (Å²) < 4.78 is 32.2. The quantitative estimate of drug-likeness (QED) is 0.746. The standard InChI is InChI=1S/C17H18ClN3O4S.ClH/c1-25-17(22)15-6-5-14(10-20-15)26(23,24)21-8-7-19-11-16(21)12-3-2-4-13(18)9-12;/h2-6,9-10,16,19H,7-8,11H2,1H3;1H. The summed E-state index contributed by atoms with van der Waals surface area (Å²) in [5.74, 6) is -0.618. The Labute approximate surface area is 169 Å². The lowest BCUT2D eigenvalue weighted by atomic mass is 10.1. The molecule has 1 aliphatic rings. The normalized spacial score (nSPS) is 17.8. The van der Waals surface area contributed by atoms with E-state index in [1.54, 1.807) is 18.2 Å². The number of aromatic nitrogens is 1. The molecule has 0 spiro atoms. The van der Waals surface area contributed by atoms with E-state index < -0.39 is 16.0 Å². The molecule has 146 valence electrons. The number of carbonyl (C=O) groups excluding carboxylic acids is 1. The van der Waals surface area contributed by atoms with E-state index in [9.17, 15) is 13.2 Å². The monoisotopic (exact) mass is 431 g/mol. The van der Waals surface area contributed by atoms with Gasteiger partial charge in [0.2, 0.25) is 10.0 Å². The molecule has 1 aliphatic heterocycles. The van der Waals surface area contributed by atoms with E-state index in [1.165, 1.54) is 29.7 Å². The summed E-state index contributed by atoms with van der Waals surface area (Å²) in [6.07, 6.45) is 1.18. The van der Waals surface area contributed by atoms with Crippen LogP contribution in [0.2, 0.25) is 5.02 Å². The summed E-state index contributed by atoms with van der Waals surface area (Å²) in [6.45, 7) is 1.34. The van der Waals surface area contributed by atoms with Crippen molar-refractivity contribution in [3.05, 3.63) is 58.9 Å². The van der Waals surface area contributed by atoms with E-state index in [-0.39, 0.29) is 29.0 Å². The fourth-order valence-electron chi connectivity index (χ4n) is 2.86. The molecule has 1 aromatic carbocycles. The zero-order chi connectivity index (χ0) is 18.7. The van der Waals surface area contributed by atoms with Gasteiger partial charge in [0.15, 0.2) is 0 Å². The third kappa shape index (κ3) is 4.59. The first-order valence-corrected chi connectivity index (χ1v) is 9.77. The van der Waals surface area contributed by atoms with Crippen molar-refractivity contribution in [3.63, 3.8) is 0 Å². The molecule has 1 saturated heterocycles. The number of piperazine rings is 1. The minimum Gasteiger partial charge on any atom is -0.464 e. The SMILES string of the molecule is COC(=O)c1ccc(S(=O)(=O)N2CCNCC2c2cccc(Cl)c2)cn1.Cl. The predicted octanol–water partition coefficient (Wildman–Crippen LogP) is 2.28. The molecule has 2 aromatic rings. The van der Waals surface area contributed by atoms with Crippen LogP contribution in [0.3, 0.4) is 0 Å². The Balaban J connectivity index is 0.00000261. The molecule has 10 heteroatoms. The fraction of sp³-hybridized carbons (Fsp3) is 0.294. The number of benzene rings is 1. The highest BCUT2D eigenvalue weighted by Gasteiger charge is 2.34. The van der Waals surface area contributed by atoms with E-state index in [4.69, 9.17) is 11.6 Å². The number of esters is 1. The van der Waals surface area contributed by atoms with Crippen LogP contribution >= 0.6 is 24.0 Å². The van der Waals surface area contributed by atoms with Crippen molar-refractivity contribution in [2.75, 3.05) is 26.7 Å². The topological polar surface area (TPSA) is 88.6 Å². The smallest absolute Gasteiger partial charge is 0.356 e. The predicted molar refractivity (Wildman–Crippen MR) is 104 cm³/mol. The lowest BCUT2D eigenvalue weighted by molar-refractivity contribution is 0.0594. The Hall–Kier alpha value is -1.71. The second-order valence-electron chi connectivity index (χ2n) is 5.76. The minimum absolute atomic E-state index is 0. The Bertz CT molecular complexity index is 907. The number of pyridine rings is 1. The van der Waals surface area contributed by atoms with Gasteiger partial charge in [0.05, 0.1) is 13.2 Å². The highest BCUT2D eigenvalue weighted by atomic mass is 35.5. The van der Waals surface area contributed by atoms with Crippen LogP contribution in [0.1, 0.15) is 22.1 Å². The number of methoxy groups -OCH3 is 1. The molecular weight excluding hydrogens is 413 g/mol. The van der Waals surface area contributed by atoms with Gasteiger partial charge in [-0.05, 0) is 29.8 Å². The molecule has 27 heavy (non-hydrogen) atoms. The largest absolute Gasteiger partial charge is 0.464 e. The lowest BCUT2D eigenvalue weighted by Gasteiger charge is -2.35. The van der Waals surface area contributed by atoms with E-state index in [2.05, 4.69) is 15.0 Å². The van der Waals surface area contributed by atoms with Gasteiger partial charge in [-0.3, -0.25) is 0 Å². The summed E-state index contributed by atoms with van der Waals surface area (Å²) in [6, 6.07) is 9.48. The number of carbonyl (C=O) groups is 1. The number of ether oxygens (including phenoxy) is 1. The van der Waals surface area contributed by atoms with Crippen molar-refractivity contribution >= 4 is 40.0 Å². The number of rotatable bonds is 4. The molecule has 0 radical (unpaired) electrons. The first kappa shape index (κ1) is 21.6. The molecule has 1 unspecified atom stereocenters. The van der Waals surface area contributed by atoms with Gasteiger partial charge < -0.3 is 10.1 Å². The third-order valence-corrected chi connectivity index (χ3v) is 6.29. The maximum atomic E-state index is 13.1. The molecule has 1 aromatic heterocycles. The van der Waals surface area contributed by atoms with E-state index in [0.29, 0.717) is 24.7 Å². The van der Waals surface area contributed by atoms with Gasteiger partial charge in [-0.15, -0.1) is 12.4 Å². The highest BCUT2D eigenvalue weighted by molar-refractivity contribution is 7.89. The molecule has 1 fully saturated rings. The van der Waals surface area contributed by atoms with Crippen LogP contribution in [0, 0.1) is 0 Å². The minimum atomic E-state index is -3.79. The maximum absolute atomic E-state index is 13.1. The summed E-state index contributed by atoms with van der Waals surface area (Å²) in [4.78, 5) is 15.4. The van der Waals surface area contributed by atoms with Crippen LogP contribution < -0.4 is 5.32 Å². The zero-order valence-electron chi connectivity index (χ0n) is 14.5. The second kappa shape index (κ2) is 8.99. The van der Waals surface area contributed by atoms with Crippen molar-refractivity contribution in [1.82, 2.24) is 14.6 Å². The molecule has 0 aliphatic carbocycles. The Morgan fingerprint density at radius 2 is 2.11 bits per heavy atom. The van der Waals surface area contributed by atoms with Gasteiger partial charge in [-0.2, -0.15) is 4.31 Å². The van der Waals surface area contributed by atoms with Gasteiger partial charge >= 0.3 is 5.97 Å². The van der Waals surface area contributed by atoms with E-state index in [1.807, 2.05) is 6.07 Å². The van der Waals surface area contributed by atoms with Crippen molar-refractivity contribution in [2.45, 2.75) is 10.9 Å². The van der Waals surface area contributed by atoms with Crippen molar-refractivity contribution in [2.24, 2.45) is 0 Å². The summed E-state index contributed by atoms with van der Waals surface area (Å²) in [7, 11) is -2.54. The molecule has 0 bridgehead atoms. The van der Waals surface area contributed by atoms with E-state index >= 15 is 0 Å². The molecule has 2 heterocycles.